The lowest BCUT2D eigenvalue weighted by Crippen LogP contribution is -2.41. The third-order valence-corrected chi connectivity index (χ3v) is 8.25. The Kier molecular flexibility index (Phi) is 6.19. The van der Waals surface area contributed by atoms with Crippen LogP contribution in [0.3, 0.4) is 0 Å². The summed E-state index contributed by atoms with van der Waals surface area (Å²) in [7, 11) is -0.535. The van der Waals surface area contributed by atoms with Crippen LogP contribution in [0.15, 0.2) is 12.1 Å². The van der Waals surface area contributed by atoms with Gasteiger partial charge in [-0.2, -0.15) is 5.26 Å². The van der Waals surface area contributed by atoms with Gasteiger partial charge in [-0.3, -0.25) is 0 Å². The van der Waals surface area contributed by atoms with Crippen molar-refractivity contribution in [3.05, 3.63) is 17.8 Å². The van der Waals surface area contributed by atoms with Crippen LogP contribution in [-0.4, -0.2) is 62.6 Å². The standard InChI is InChI=1S/C25H35BN2O6/c1-22(2)23(3,4)34-26(33-22)18-13-19(25-8-10-29-17-24(25,15-25)16-27)28-20(14-18)30-11-12-32-21-7-5-6-9-31-21/h13-14,21H,5-12,15,17H2,1-4H3. The van der Waals surface area contributed by atoms with E-state index < -0.39 is 23.7 Å². The van der Waals surface area contributed by atoms with Crippen LogP contribution in [0.2, 0.25) is 0 Å². The van der Waals surface area contributed by atoms with Gasteiger partial charge in [-0.15, -0.1) is 0 Å². The summed E-state index contributed by atoms with van der Waals surface area (Å²) in [4.78, 5) is 4.87. The first-order chi connectivity index (χ1) is 16.2. The molecular formula is C25H35BN2O6. The minimum Gasteiger partial charge on any atom is -0.475 e. The van der Waals surface area contributed by atoms with E-state index in [1.165, 1.54) is 0 Å². The molecule has 3 atom stereocenters. The monoisotopic (exact) mass is 470 g/mol. The number of fused-ring (bicyclic) bond motifs is 1. The molecule has 4 heterocycles. The van der Waals surface area contributed by atoms with Crippen LogP contribution in [0.1, 0.15) is 65.5 Å². The molecule has 184 valence electrons. The number of hydrogen-bond acceptors (Lipinski definition) is 8. The molecule has 0 bridgehead atoms. The van der Waals surface area contributed by atoms with E-state index >= 15 is 0 Å². The fourth-order valence-corrected chi connectivity index (χ4v) is 5.25. The highest BCUT2D eigenvalue weighted by atomic mass is 16.7. The molecule has 0 N–H and O–H groups in total. The van der Waals surface area contributed by atoms with Crippen LogP contribution in [0, 0.1) is 16.7 Å². The van der Waals surface area contributed by atoms with Gasteiger partial charge in [0, 0.05) is 24.7 Å². The lowest BCUT2D eigenvalue weighted by atomic mass is 9.77. The Morgan fingerprint density at radius 1 is 1.12 bits per heavy atom. The van der Waals surface area contributed by atoms with Gasteiger partial charge >= 0.3 is 7.12 Å². The SMILES string of the molecule is CC1(C)OB(c2cc(OCCOC3CCCCO3)nc(C34CCOCC3(C#N)C4)c2)OC1(C)C. The van der Waals surface area contributed by atoms with E-state index in [0.717, 1.165) is 49.9 Å². The lowest BCUT2D eigenvalue weighted by molar-refractivity contribution is -0.165. The van der Waals surface area contributed by atoms with E-state index in [4.69, 9.17) is 33.2 Å². The topological polar surface area (TPSA) is 92.1 Å². The summed E-state index contributed by atoms with van der Waals surface area (Å²) in [5.74, 6) is 0.495. The molecule has 9 heteroatoms. The highest BCUT2D eigenvalue weighted by Crippen LogP contribution is 2.67. The number of nitrogens with zero attached hydrogens (tertiary/aromatic N) is 2. The van der Waals surface area contributed by atoms with Crippen LogP contribution in [0.5, 0.6) is 5.88 Å². The maximum absolute atomic E-state index is 9.94. The first-order valence-electron chi connectivity index (χ1n) is 12.4. The van der Waals surface area contributed by atoms with Crippen molar-refractivity contribution >= 4 is 12.6 Å². The molecule has 3 unspecified atom stereocenters. The van der Waals surface area contributed by atoms with Crippen LogP contribution >= 0.6 is 0 Å². The van der Waals surface area contributed by atoms with Crippen molar-refractivity contribution in [2.45, 2.75) is 82.7 Å². The summed E-state index contributed by atoms with van der Waals surface area (Å²) in [6, 6.07) is 6.43. The average Bonchev–Trinajstić information content (AvgIpc) is 3.47. The molecule has 5 rings (SSSR count). The average molecular weight is 470 g/mol. The van der Waals surface area contributed by atoms with E-state index in [-0.39, 0.29) is 11.7 Å². The molecule has 8 nitrogen and oxygen atoms in total. The lowest BCUT2D eigenvalue weighted by Gasteiger charge is -2.32. The maximum Gasteiger partial charge on any atom is 0.495 e. The molecule has 0 spiro atoms. The van der Waals surface area contributed by atoms with Crippen molar-refractivity contribution in [2.75, 3.05) is 33.0 Å². The van der Waals surface area contributed by atoms with Gasteiger partial charge in [-0.1, -0.05) is 0 Å². The molecule has 3 saturated heterocycles. The van der Waals surface area contributed by atoms with Crippen molar-refractivity contribution < 1.29 is 28.3 Å². The number of nitriles is 1. The highest BCUT2D eigenvalue weighted by Gasteiger charge is 2.71. The second-order valence-electron chi connectivity index (χ2n) is 11.0. The van der Waals surface area contributed by atoms with Crippen molar-refractivity contribution in [3.63, 3.8) is 0 Å². The summed E-state index contributed by atoms with van der Waals surface area (Å²) in [5, 5.41) is 9.94. The van der Waals surface area contributed by atoms with Crippen molar-refractivity contribution in [3.8, 4) is 11.9 Å². The zero-order valence-electron chi connectivity index (χ0n) is 20.7. The van der Waals surface area contributed by atoms with Crippen LogP contribution < -0.4 is 10.2 Å². The fraction of sp³-hybridized carbons (Fsp3) is 0.760. The Morgan fingerprint density at radius 2 is 1.91 bits per heavy atom. The summed E-state index contributed by atoms with van der Waals surface area (Å²) in [6.07, 6.45) is 4.49. The summed E-state index contributed by atoms with van der Waals surface area (Å²) >= 11 is 0. The first kappa shape index (κ1) is 24.0. The second kappa shape index (κ2) is 8.75. The Bertz CT molecular complexity index is 943. The summed E-state index contributed by atoms with van der Waals surface area (Å²) in [6.45, 7) is 10.7. The van der Waals surface area contributed by atoms with Crippen LogP contribution in [0.4, 0.5) is 0 Å². The minimum atomic E-state index is -0.535. The van der Waals surface area contributed by atoms with Crippen molar-refractivity contribution in [1.82, 2.24) is 4.98 Å². The largest absolute Gasteiger partial charge is 0.495 e. The van der Waals surface area contributed by atoms with Crippen LogP contribution in [-0.2, 0) is 28.9 Å². The number of pyridine rings is 1. The van der Waals surface area contributed by atoms with Gasteiger partial charge in [0.25, 0.3) is 0 Å². The summed E-state index contributed by atoms with van der Waals surface area (Å²) in [5.41, 5.74) is -0.0347. The molecule has 0 amide bonds. The minimum absolute atomic E-state index is 0.152. The van der Waals surface area contributed by atoms with Crippen LogP contribution in [0.25, 0.3) is 0 Å². The Labute approximate surface area is 202 Å². The van der Waals surface area contributed by atoms with Crippen molar-refractivity contribution in [2.24, 2.45) is 5.41 Å². The van der Waals surface area contributed by atoms with Gasteiger partial charge in [0.05, 0.1) is 41.6 Å². The molecule has 4 aliphatic rings. The van der Waals surface area contributed by atoms with E-state index in [1.807, 2.05) is 39.8 Å². The van der Waals surface area contributed by atoms with Gasteiger partial charge in [-0.05, 0) is 71.3 Å². The van der Waals surface area contributed by atoms with Gasteiger partial charge in [0.1, 0.15) is 6.61 Å². The fourth-order valence-electron chi connectivity index (χ4n) is 5.25. The zero-order chi connectivity index (χ0) is 24.0. The van der Waals surface area contributed by atoms with E-state index in [0.29, 0.717) is 32.3 Å². The third kappa shape index (κ3) is 4.14. The number of rotatable bonds is 7. The predicted molar refractivity (Wildman–Crippen MR) is 125 cm³/mol. The second-order valence-corrected chi connectivity index (χ2v) is 11.0. The van der Waals surface area contributed by atoms with Gasteiger partial charge < -0.3 is 28.3 Å². The van der Waals surface area contributed by atoms with Gasteiger partial charge in [0.2, 0.25) is 5.88 Å². The first-order valence-corrected chi connectivity index (χ1v) is 12.4. The van der Waals surface area contributed by atoms with E-state index in [1.54, 1.807) is 0 Å². The summed E-state index contributed by atoms with van der Waals surface area (Å²) < 4.78 is 35.8. The Hall–Kier alpha value is -1.70. The molecule has 3 aliphatic heterocycles. The zero-order valence-corrected chi connectivity index (χ0v) is 20.7. The molecule has 1 saturated carbocycles. The quantitative estimate of drug-likeness (QED) is 0.444. The predicted octanol–water partition coefficient (Wildman–Crippen LogP) is 2.87. The molecule has 1 aromatic heterocycles. The number of aromatic nitrogens is 1. The smallest absolute Gasteiger partial charge is 0.475 e. The number of ether oxygens (including phenoxy) is 4. The third-order valence-electron chi connectivity index (χ3n) is 8.25. The Morgan fingerprint density at radius 3 is 2.62 bits per heavy atom. The molecule has 4 fully saturated rings. The Balaban J connectivity index is 1.37. The molecule has 1 aromatic rings. The number of hydrogen-bond donors (Lipinski definition) is 0. The van der Waals surface area contributed by atoms with Gasteiger partial charge in [0.15, 0.2) is 6.29 Å². The maximum atomic E-state index is 9.94. The molecule has 1 aliphatic carbocycles. The molecule has 34 heavy (non-hydrogen) atoms. The van der Waals surface area contributed by atoms with Gasteiger partial charge in [-0.25, -0.2) is 4.98 Å². The molecule has 0 aromatic carbocycles. The van der Waals surface area contributed by atoms with E-state index in [9.17, 15) is 5.26 Å². The van der Waals surface area contributed by atoms with E-state index in [2.05, 4.69) is 6.07 Å². The highest BCUT2D eigenvalue weighted by molar-refractivity contribution is 6.62. The van der Waals surface area contributed by atoms with Crippen molar-refractivity contribution in [1.29, 1.82) is 5.26 Å². The normalized spacial score (nSPS) is 33.7. The molecular weight excluding hydrogens is 435 g/mol. The molecule has 0 radical (unpaired) electrons.